The number of hydrogen-bond acceptors (Lipinski definition) is 4. The molecule has 2 bridgehead atoms. The van der Waals surface area contributed by atoms with Gasteiger partial charge >= 0.3 is 11.9 Å². The summed E-state index contributed by atoms with van der Waals surface area (Å²) in [7, 11) is 4.33. The van der Waals surface area contributed by atoms with E-state index in [-0.39, 0.29) is 35.8 Å². The van der Waals surface area contributed by atoms with Crippen LogP contribution in [-0.2, 0) is 19.1 Å². The fourth-order valence-corrected chi connectivity index (χ4v) is 4.51. The molecule has 1 saturated heterocycles. The smallest absolute Gasteiger partial charge is 0.310 e. The van der Waals surface area contributed by atoms with Gasteiger partial charge in [-0.15, -0.1) is 0 Å². The molecule has 0 aromatic heterocycles. The highest BCUT2D eigenvalue weighted by Crippen LogP contribution is 2.57. The van der Waals surface area contributed by atoms with Crippen LogP contribution in [0.25, 0.3) is 0 Å². The summed E-state index contributed by atoms with van der Waals surface area (Å²) in [5.41, 5.74) is 0. The Morgan fingerprint density at radius 2 is 2.09 bits per heavy atom. The number of likely N-dealkylation sites (N-methyl/N-ethyl adjacent to an activating group) is 1. The van der Waals surface area contributed by atoms with Gasteiger partial charge in [0.15, 0.2) is 0 Å². The van der Waals surface area contributed by atoms with Crippen LogP contribution in [0.15, 0.2) is 0 Å². The maximum absolute atomic E-state index is 12.4. The number of rotatable bonds is 7. The lowest BCUT2D eigenvalue weighted by Crippen LogP contribution is -2.44. The van der Waals surface area contributed by atoms with Gasteiger partial charge in [-0.25, -0.2) is 0 Å². The number of ether oxygens (including phenoxy) is 2. The van der Waals surface area contributed by atoms with Gasteiger partial charge < -0.3 is 14.0 Å². The van der Waals surface area contributed by atoms with Crippen LogP contribution in [0.2, 0.25) is 0 Å². The van der Waals surface area contributed by atoms with Crippen LogP contribution >= 0.6 is 0 Å². The van der Waals surface area contributed by atoms with E-state index in [1.54, 1.807) is 0 Å². The number of quaternary nitrogens is 1. The lowest BCUT2D eigenvalue weighted by molar-refractivity contribution is -0.890. The number of nitrogens with zero attached hydrogens (tertiary/aromatic N) is 1. The maximum Gasteiger partial charge on any atom is 0.310 e. The van der Waals surface area contributed by atoms with E-state index in [0.29, 0.717) is 12.5 Å². The van der Waals surface area contributed by atoms with Crippen molar-refractivity contribution in [1.29, 1.82) is 0 Å². The van der Waals surface area contributed by atoms with Gasteiger partial charge in [-0.05, 0) is 25.2 Å². The first kappa shape index (κ1) is 15.8. The number of fused-ring (bicyclic) bond motifs is 1. The van der Waals surface area contributed by atoms with Crippen molar-refractivity contribution < 1.29 is 23.5 Å². The first-order valence-electron chi connectivity index (χ1n) is 8.62. The van der Waals surface area contributed by atoms with Gasteiger partial charge in [0.25, 0.3) is 0 Å². The minimum atomic E-state index is -0.248. The molecule has 0 aromatic rings. The number of carbonyl (C=O) groups is 2. The second-order valence-corrected chi connectivity index (χ2v) is 7.83. The van der Waals surface area contributed by atoms with E-state index in [9.17, 15) is 9.59 Å². The summed E-state index contributed by atoms with van der Waals surface area (Å²) in [5, 5.41) is 0. The van der Waals surface area contributed by atoms with Crippen LogP contribution < -0.4 is 0 Å². The van der Waals surface area contributed by atoms with Crippen LogP contribution in [-0.4, -0.2) is 56.3 Å². The highest BCUT2D eigenvalue weighted by atomic mass is 16.6. The predicted molar refractivity (Wildman–Crippen MR) is 80.8 cm³/mol. The van der Waals surface area contributed by atoms with Gasteiger partial charge in [0.05, 0.1) is 32.5 Å². The van der Waals surface area contributed by atoms with Crippen molar-refractivity contribution in [1.82, 2.24) is 0 Å². The number of unbranched alkanes of at least 4 members (excludes halogenated alkanes) is 1. The molecule has 3 rings (SSSR count). The average molecular weight is 310 g/mol. The fourth-order valence-electron chi connectivity index (χ4n) is 4.51. The Bertz CT molecular complexity index is 460. The Hall–Kier alpha value is -1.10. The standard InChI is InChI=1S/C17H28NO4/c1-4-5-6-18(2,3)7-8-21-16(19)14-11-9-12-13(10-11)22-17(20)15(12)14/h11-15H,4-10H2,1-3H3/q+1/t11-,12+,13-,14+,15+/m1/s1. The molecule has 0 unspecified atom stereocenters. The molecule has 1 heterocycles. The third kappa shape index (κ3) is 2.75. The third-order valence-corrected chi connectivity index (χ3v) is 5.81. The van der Waals surface area contributed by atoms with Gasteiger partial charge in [-0.2, -0.15) is 0 Å². The van der Waals surface area contributed by atoms with E-state index in [1.807, 2.05) is 0 Å². The van der Waals surface area contributed by atoms with Crippen LogP contribution in [0.3, 0.4) is 0 Å². The molecule has 2 aliphatic carbocycles. The van der Waals surface area contributed by atoms with Crippen molar-refractivity contribution in [2.24, 2.45) is 23.7 Å². The van der Waals surface area contributed by atoms with Crippen molar-refractivity contribution in [3.63, 3.8) is 0 Å². The number of esters is 2. The Labute approximate surface area is 132 Å². The summed E-state index contributed by atoms with van der Waals surface area (Å²) in [6, 6.07) is 0. The molecule has 3 aliphatic rings. The lowest BCUT2D eigenvalue weighted by atomic mass is 9.80. The molecule has 5 nitrogen and oxygen atoms in total. The summed E-state index contributed by atoms with van der Waals surface area (Å²) in [4.78, 5) is 24.4. The monoisotopic (exact) mass is 310 g/mol. The Balaban J connectivity index is 1.50. The van der Waals surface area contributed by atoms with E-state index in [4.69, 9.17) is 9.47 Å². The normalized spacial score (nSPS) is 35.8. The van der Waals surface area contributed by atoms with E-state index in [2.05, 4.69) is 21.0 Å². The quantitative estimate of drug-likeness (QED) is 0.529. The van der Waals surface area contributed by atoms with E-state index < -0.39 is 0 Å². The molecule has 0 N–H and O–H groups in total. The topological polar surface area (TPSA) is 52.6 Å². The van der Waals surface area contributed by atoms with E-state index in [1.165, 1.54) is 12.8 Å². The molecule has 0 spiro atoms. The zero-order chi connectivity index (χ0) is 15.9. The second kappa shape index (κ2) is 5.84. The largest absolute Gasteiger partial charge is 0.462 e. The zero-order valence-corrected chi connectivity index (χ0v) is 13.9. The maximum atomic E-state index is 12.4. The van der Waals surface area contributed by atoms with Gasteiger partial charge in [0.2, 0.25) is 0 Å². The van der Waals surface area contributed by atoms with Crippen LogP contribution in [0.5, 0.6) is 0 Å². The van der Waals surface area contributed by atoms with Crippen LogP contribution in [0, 0.1) is 23.7 Å². The average Bonchev–Trinajstić information content (AvgIpc) is 3.06. The Kier molecular flexibility index (Phi) is 4.19. The molecular weight excluding hydrogens is 282 g/mol. The molecule has 0 radical (unpaired) electrons. The minimum absolute atomic E-state index is 0.0798. The summed E-state index contributed by atoms with van der Waals surface area (Å²) in [5.74, 6) is -0.254. The van der Waals surface area contributed by atoms with E-state index in [0.717, 1.165) is 30.4 Å². The van der Waals surface area contributed by atoms with Crippen LogP contribution in [0.1, 0.15) is 32.6 Å². The first-order chi connectivity index (χ1) is 10.4. The molecule has 3 fully saturated rings. The molecule has 22 heavy (non-hydrogen) atoms. The highest BCUT2D eigenvalue weighted by Gasteiger charge is 2.64. The molecule has 0 amide bonds. The van der Waals surface area contributed by atoms with Crippen molar-refractivity contribution >= 4 is 11.9 Å². The number of hydrogen-bond donors (Lipinski definition) is 0. The summed E-state index contributed by atoms with van der Waals surface area (Å²) < 4.78 is 11.8. The molecule has 5 heteroatoms. The van der Waals surface area contributed by atoms with Crippen molar-refractivity contribution in [3.05, 3.63) is 0 Å². The summed E-state index contributed by atoms with van der Waals surface area (Å²) in [6.07, 6.45) is 4.25. The van der Waals surface area contributed by atoms with Gasteiger partial charge in [-0.3, -0.25) is 9.59 Å². The van der Waals surface area contributed by atoms with Gasteiger partial charge in [0, 0.05) is 5.92 Å². The molecule has 2 saturated carbocycles. The molecule has 5 atom stereocenters. The molecule has 1 aliphatic heterocycles. The third-order valence-electron chi connectivity index (χ3n) is 5.81. The second-order valence-electron chi connectivity index (χ2n) is 7.83. The SMILES string of the molecule is CCCC[N+](C)(C)CCOC(=O)[C@H]1[C@@H]2C[C@@H]3[C@@H]1C(=O)O[C@@H]3C2. The lowest BCUT2D eigenvalue weighted by Gasteiger charge is -2.30. The van der Waals surface area contributed by atoms with Crippen molar-refractivity contribution in [2.45, 2.75) is 38.7 Å². The van der Waals surface area contributed by atoms with Gasteiger partial charge in [-0.1, -0.05) is 13.3 Å². The summed E-state index contributed by atoms with van der Waals surface area (Å²) in [6.45, 7) is 4.54. The van der Waals surface area contributed by atoms with Crippen molar-refractivity contribution in [3.8, 4) is 0 Å². The minimum Gasteiger partial charge on any atom is -0.462 e. The fraction of sp³-hybridized carbons (Fsp3) is 0.882. The summed E-state index contributed by atoms with van der Waals surface area (Å²) >= 11 is 0. The number of carbonyl (C=O) groups excluding carboxylic acids is 2. The Morgan fingerprint density at radius 3 is 2.82 bits per heavy atom. The van der Waals surface area contributed by atoms with Crippen LogP contribution in [0.4, 0.5) is 0 Å². The molecular formula is C17H28NO4+. The highest BCUT2D eigenvalue weighted by molar-refractivity contribution is 5.85. The van der Waals surface area contributed by atoms with Crippen molar-refractivity contribution in [2.75, 3.05) is 33.8 Å². The predicted octanol–water partition coefficient (Wildman–Crippen LogP) is 1.60. The first-order valence-corrected chi connectivity index (χ1v) is 8.62. The van der Waals surface area contributed by atoms with Gasteiger partial charge in [0.1, 0.15) is 19.3 Å². The molecule has 124 valence electrons. The zero-order valence-electron chi connectivity index (χ0n) is 13.9. The van der Waals surface area contributed by atoms with E-state index >= 15 is 0 Å². The molecule has 0 aromatic carbocycles. The Morgan fingerprint density at radius 1 is 1.32 bits per heavy atom.